The monoisotopic (exact) mass is 346 g/mol. The molecule has 0 spiro atoms. The van der Waals surface area contributed by atoms with Crippen LogP contribution in [0.15, 0.2) is 24.3 Å². The average Bonchev–Trinajstić information content (AvgIpc) is 2.56. The minimum Gasteiger partial charge on any atom is -0.336 e. The van der Waals surface area contributed by atoms with Gasteiger partial charge in [-0.25, -0.2) is 4.79 Å². The second kappa shape index (κ2) is 9.42. The minimum absolute atomic E-state index is 0.0456. The molecule has 1 fully saturated rings. The van der Waals surface area contributed by atoms with Gasteiger partial charge in [-0.3, -0.25) is 4.79 Å². The van der Waals surface area contributed by atoms with Crippen LogP contribution in [0.2, 0.25) is 0 Å². The van der Waals surface area contributed by atoms with Gasteiger partial charge in [0.25, 0.3) is 0 Å². The quantitative estimate of drug-likeness (QED) is 0.638. The van der Waals surface area contributed by atoms with Crippen LogP contribution in [0.5, 0.6) is 0 Å². The molecule has 4 N–H and O–H groups in total. The first-order valence-electron chi connectivity index (χ1n) is 9.12. The number of piperidine rings is 1. The number of hydrogen-bond acceptors (Lipinski definition) is 3. The molecule has 1 aliphatic rings. The summed E-state index contributed by atoms with van der Waals surface area (Å²) in [6, 6.07) is 7.02. The van der Waals surface area contributed by atoms with Crippen LogP contribution in [0.1, 0.15) is 40.0 Å². The Hall–Kier alpha value is -2.08. The van der Waals surface area contributed by atoms with Gasteiger partial charge in [-0.05, 0) is 75.9 Å². The van der Waals surface area contributed by atoms with E-state index < -0.39 is 0 Å². The van der Waals surface area contributed by atoms with Crippen molar-refractivity contribution in [3.63, 3.8) is 0 Å². The summed E-state index contributed by atoms with van der Waals surface area (Å²) >= 11 is 0. The molecule has 1 aromatic rings. The Bertz CT molecular complexity index is 565. The number of nitrogens with one attached hydrogen (secondary N) is 4. The average molecular weight is 346 g/mol. The Morgan fingerprint density at radius 3 is 2.16 bits per heavy atom. The van der Waals surface area contributed by atoms with Crippen LogP contribution in [0.25, 0.3) is 0 Å². The van der Waals surface area contributed by atoms with E-state index in [1.54, 1.807) is 24.3 Å². The van der Waals surface area contributed by atoms with Crippen molar-refractivity contribution in [3.8, 4) is 0 Å². The Labute approximate surface area is 150 Å². The summed E-state index contributed by atoms with van der Waals surface area (Å²) in [5, 5.41) is 11.8. The largest absolute Gasteiger partial charge is 0.336 e. The zero-order valence-electron chi connectivity index (χ0n) is 15.4. The summed E-state index contributed by atoms with van der Waals surface area (Å²) in [6.07, 6.45) is 2.84. The first-order valence-corrected chi connectivity index (χ1v) is 9.12. The molecule has 0 aliphatic carbocycles. The van der Waals surface area contributed by atoms with Gasteiger partial charge in [-0.15, -0.1) is 0 Å². The third-order valence-corrected chi connectivity index (χ3v) is 4.54. The first kappa shape index (κ1) is 19.2. The standard InChI is InChI=1S/C19H30N4O2/c1-13(2)21-19(25)23-17-6-4-16(5-7-17)22-18(24)12-14(3)15-8-10-20-11-9-15/h4-7,13-15,20H,8-12H2,1-3H3,(H,22,24)(H2,21,23,25). The minimum atomic E-state index is -0.234. The van der Waals surface area contributed by atoms with Crippen molar-refractivity contribution in [1.82, 2.24) is 10.6 Å². The van der Waals surface area contributed by atoms with Gasteiger partial charge in [0.05, 0.1) is 0 Å². The van der Waals surface area contributed by atoms with E-state index in [4.69, 9.17) is 0 Å². The highest BCUT2D eigenvalue weighted by Gasteiger charge is 2.22. The smallest absolute Gasteiger partial charge is 0.319 e. The number of amides is 3. The third-order valence-electron chi connectivity index (χ3n) is 4.54. The predicted molar refractivity (Wildman–Crippen MR) is 102 cm³/mol. The van der Waals surface area contributed by atoms with E-state index in [-0.39, 0.29) is 18.0 Å². The Kier molecular flexibility index (Phi) is 7.25. The van der Waals surface area contributed by atoms with E-state index in [1.807, 2.05) is 13.8 Å². The molecule has 1 saturated heterocycles. The van der Waals surface area contributed by atoms with Crippen molar-refractivity contribution < 1.29 is 9.59 Å². The number of carbonyl (C=O) groups excluding carboxylic acids is 2. The van der Waals surface area contributed by atoms with Gasteiger partial charge >= 0.3 is 6.03 Å². The van der Waals surface area contributed by atoms with E-state index in [0.717, 1.165) is 31.6 Å². The van der Waals surface area contributed by atoms with Crippen molar-refractivity contribution in [2.24, 2.45) is 11.8 Å². The molecule has 6 heteroatoms. The lowest BCUT2D eigenvalue weighted by Crippen LogP contribution is -2.34. The lowest BCUT2D eigenvalue weighted by Gasteiger charge is -2.27. The number of carbonyl (C=O) groups is 2. The maximum absolute atomic E-state index is 12.2. The van der Waals surface area contributed by atoms with E-state index in [2.05, 4.69) is 28.2 Å². The highest BCUT2D eigenvalue weighted by molar-refractivity contribution is 5.92. The van der Waals surface area contributed by atoms with Gasteiger partial charge in [-0.1, -0.05) is 6.92 Å². The molecule has 2 rings (SSSR count). The summed E-state index contributed by atoms with van der Waals surface area (Å²) in [4.78, 5) is 23.9. The molecule has 1 aromatic carbocycles. The fourth-order valence-corrected chi connectivity index (χ4v) is 3.15. The van der Waals surface area contributed by atoms with Crippen molar-refractivity contribution in [2.45, 2.75) is 46.1 Å². The van der Waals surface area contributed by atoms with Crippen LogP contribution in [-0.2, 0) is 4.79 Å². The third kappa shape index (κ3) is 6.74. The summed E-state index contributed by atoms with van der Waals surface area (Å²) in [6.45, 7) is 8.08. The van der Waals surface area contributed by atoms with Gasteiger partial charge in [0.15, 0.2) is 0 Å². The van der Waals surface area contributed by atoms with Crippen LogP contribution in [-0.4, -0.2) is 31.1 Å². The van der Waals surface area contributed by atoms with E-state index in [9.17, 15) is 9.59 Å². The van der Waals surface area contributed by atoms with Crippen LogP contribution >= 0.6 is 0 Å². The lowest BCUT2D eigenvalue weighted by molar-refractivity contribution is -0.117. The van der Waals surface area contributed by atoms with E-state index in [1.165, 1.54) is 0 Å². The molecule has 0 bridgehead atoms. The summed E-state index contributed by atoms with van der Waals surface area (Å²) in [5.74, 6) is 1.06. The Balaban J connectivity index is 1.79. The molecule has 25 heavy (non-hydrogen) atoms. The number of rotatable bonds is 6. The van der Waals surface area contributed by atoms with Gasteiger partial charge in [0.1, 0.15) is 0 Å². The van der Waals surface area contributed by atoms with Crippen molar-refractivity contribution in [2.75, 3.05) is 23.7 Å². The number of hydrogen-bond donors (Lipinski definition) is 4. The van der Waals surface area contributed by atoms with E-state index >= 15 is 0 Å². The molecule has 1 unspecified atom stereocenters. The van der Waals surface area contributed by atoms with E-state index in [0.29, 0.717) is 23.9 Å². The van der Waals surface area contributed by atoms with Gasteiger partial charge in [0.2, 0.25) is 5.91 Å². The lowest BCUT2D eigenvalue weighted by atomic mass is 9.84. The normalized spacial score (nSPS) is 16.3. The molecule has 1 aliphatic heterocycles. The molecule has 3 amide bonds. The van der Waals surface area contributed by atoms with Crippen LogP contribution in [0.4, 0.5) is 16.2 Å². The van der Waals surface area contributed by atoms with Crippen molar-refractivity contribution in [1.29, 1.82) is 0 Å². The van der Waals surface area contributed by atoms with Crippen molar-refractivity contribution >= 4 is 23.3 Å². The number of anilines is 2. The fraction of sp³-hybridized carbons (Fsp3) is 0.579. The Morgan fingerprint density at radius 1 is 1.04 bits per heavy atom. The van der Waals surface area contributed by atoms with Crippen molar-refractivity contribution in [3.05, 3.63) is 24.3 Å². The summed E-state index contributed by atoms with van der Waals surface area (Å²) in [7, 11) is 0. The molecule has 0 aromatic heterocycles. The zero-order chi connectivity index (χ0) is 18.2. The maximum atomic E-state index is 12.2. The summed E-state index contributed by atoms with van der Waals surface area (Å²) < 4.78 is 0. The zero-order valence-corrected chi connectivity index (χ0v) is 15.4. The fourth-order valence-electron chi connectivity index (χ4n) is 3.15. The van der Waals surface area contributed by atoms with Crippen LogP contribution < -0.4 is 21.3 Å². The first-order chi connectivity index (χ1) is 11.9. The highest BCUT2D eigenvalue weighted by atomic mass is 16.2. The number of urea groups is 1. The van der Waals surface area contributed by atoms with Crippen LogP contribution in [0, 0.1) is 11.8 Å². The molecule has 138 valence electrons. The maximum Gasteiger partial charge on any atom is 0.319 e. The molecule has 0 saturated carbocycles. The summed E-state index contributed by atoms with van der Waals surface area (Å²) in [5.41, 5.74) is 1.44. The second-order valence-corrected chi connectivity index (χ2v) is 7.15. The molecule has 1 heterocycles. The molecule has 0 radical (unpaired) electrons. The molecular formula is C19H30N4O2. The van der Waals surface area contributed by atoms with Gasteiger partial charge < -0.3 is 21.3 Å². The molecule has 1 atom stereocenters. The topological polar surface area (TPSA) is 82.3 Å². The van der Waals surface area contributed by atoms with Gasteiger partial charge in [0, 0.05) is 23.8 Å². The van der Waals surface area contributed by atoms with Crippen LogP contribution in [0.3, 0.4) is 0 Å². The number of benzene rings is 1. The molecule has 6 nitrogen and oxygen atoms in total. The SMILES string of the molecule is CC(C)NC(=O)Nc1ccc(NC(=O)CC(C)C2CCNCC2)cc1. The second-order valence-electron chi connectivity index (χ2n) is 7.15. The van der Waals surface area contributed by atoms with Gasteiger partial charge in [-0.2, -0.15) is 0 Å². The predicted octanol–water partition coefficient (Wildman–Crippen LogP) is 3.18. The molecular weight excluding hydrogens is 316 g/mol. The Morgan fingerprint density at radius 2 is 1.60 bits per heavy atom. The highest BCUT2D eigenvalue weighted by Crippen LogP contribution is 2.24.